The first-order chi connectivity index (χ1) is 17.2. The number of benzene rings is 1. The highest BCUT2D eigenvalue weighted by atomic mass is 32.1. The number of piperidine rings is 3. The summed E-state index contributed by atoms with van der Waals surface area (Å²) in [7, 11) is 0. The van der Waals surface area contributed by atoms with Crippen molar-refractivity contribution in [2.75, 3.05) is 19.6 Å². The van der Waals surface area contributed by atoms with Crippen LogP contribution >= 0.6 is 11.3 Å². The zero-order chi connectivity index (χ0) is 25.4. The van der Waals surface area contributed by atoms with Crippen LogP contribution in [0.15, 0.2) is 42.7 Å². The van der Waals surface area contributed by atoms with E-state index >= 15 is 0 Å². The van der Waals surface area contributed by atoms with E-state index in [2.05, 4.69) is 20.2 Å². The van der Waals surface area contributed by atoms with Crippen LogP contribution in [0, 0.1) is 12.8 Å². The van der Waals surface area contributed by atoms with Crippen molar-refractivity contribution >= 4 is 17.2 Å². The third-order valence-electron chi connectivity index (χ3n) is 6.84. The number of amides is 1. The second kappa shape index (κ2) is 9.82. The molecule has 1 amide bonds. The van der Waals surface area contributed by atoms with Gasteiger partial charge in [-0.1, -0.05) is 6.07 Å². The van der Waals surface area contributed by atoms with Gasteiger partial charge in [0.25, 0.3) is 5.91 Å². The number of nitrogens with one attached hydrogen (secondary N) is 1. The van der Waals surface area contributed by atoms with E-state index in [1.807, 2.05) is 13.0 Å². The maximum absolute atomic E-state index is 13.2. The zero-order valence-electron chi connectivity index (χ0n) is 20.0. The van der Waals surface area contributed by atoms with Crippen molar-refractivity contribution in [2.24, 2.45) is 5.92 Å². The lowest BCUT2D eigenvalue weighted by Gasteiger charge is -2.44. The summed E-state index contributed by atoms with van der Waals surface area (Å²) in [4.78, 5) is 24.7. The molecule has 6 rings (SSSR count). The maximum atomic E-state index is 13.2. The lowest BCUT2D eigenvalue weighted by atomic mass is 9.86. The number of carbonyl (C=O) groups excluding carboxylic acids is 1. The summed E-state index contributed by atoms with van der Waals surface area (Å²) in [5.41, 5.74) is 0.710. The number of aromatic nitrogens is 2. The summed E-state index contributed by atoms with van der Waals surface area (Å²) < 4.78 is 44.9. The SMILES string of the molecule is Cc1cnc(-c2cc(O[C@@H]3CN4CCC3CC4)cc(C(=O)N[C@H](C)c3ccc(C(F)(F)F)nc3)c2)s1. The quantitative estimate of drug-likeness (QED) is 0.469. The van der Waals surface area contributed by atoms with Gasteiger partial charge in [0.05, 0.1) is 6.04 Å². The number of hydrogen-bond donors (Lipinski definition) is 1. The van der Waals surface area contributed by atoms with Gasteiger partial charge in [0.2, 0.25) is 0 Å². The van der Waals surface area contributed by atoms with Crippen molar-refractivity contribution in [1.82, 2.24) is 20.2 Å². The molecule has 0 saturated carbocycles. The van der Waals surface area contributed by atoms with Crippen molar-refractivity contribution in [3.63, 3.8) is 0 Å². The molecule has 1 aromatic carbocycles. The van der Waals surface area contributed by atoms with Gasteiger partial charge < -0.3 is 10.1 Å². The maximum Gasteiger partial charge on any atom is 0.433 e. The van der Waals surface area contributed by atoms with Gasteiger partial charge >= 0.3 is 6.18 Å². The molecular formula is C26H27F3N4O2S. The number of aryl methyl sites for hydroxylation is 1. The van der Waals surface area contributed by atoms with Crippen LogP contribution in [0.25, 0.3) is 10.6 Å². The smallest absolute Gasteiger partial charge is 0.433 e. The topological polar surface area (TPSA) is 67.3 Å². The summed E-state index contributed by atoms with van der Waals surface area (Å²) in [6.07, 6.45) is 0.730. The molecular weight excluding hydrogens is 489 g/mol. The number of carbonyl (C=O) groups is 1. The number of halogens is 3. The molecule has 1 N–H and O–H groups in total. The Morgan fingerprint density at radius 1 is 1.17 bits per heavy atom. The molecule has 3 aromatic rings. The molecule has 2 aromatic heterocycles. The summed E-state index contributed by atoms with van der Waals surface area (Å²) in [5, 5.41) is 3.66. The molecule has 2 atom stereocenters. The number of rotatable bonds is 6. The minimum absolute atomic E-state index is 0.0776. The molecule has 0 spiro atoms. The molecule has 36 heavy (non-hydrogen) atoms. The highest BCUT2D eigenvalue weighted by Gasteiger charge is 2.36. The molecule has 3 saturated heterocycles. The lowest BCUT2D eigenvalue weighted by Crippen LogP contribution is -2.52. The average Bonchev–Trinajstić information content (AvgIpc) is 3.30. The van der Waals surface area contributed by atoms with E-state index in [0.717, 1.165) is 60.2 Å². The van der Waals surface area contributed by atoms with E-state index in [0.29, 0.717) is 22.8 Å². The third kappa shape index (κ3) is 5.39. The number of alkyl halides is 3. The molecule has 3 aliphatic rings. The van der Waals surface area contributed by atoms with E-state index in [-0.39, 0.29) is 12.0 Å². The summed E-state index contributed by atoms with van der Waals surface area (Å²) in [5.74, 6) is 0.773. The van der Waals surface area contributed by atoms with Gasteiger partial charge in [0, 0.05) is 34.9 Å². The fraction of sp³-hybridized carbons (Fsp3) is 0.423. The van der Waals surface area contributed by atoms with Crippen molar-refractivity contribution < 1.29 is 22.7 Å². The van der Waals surface area contributed by atoms with E-state index < -0.39 is 17.9 Å². The Bertz CT molecular complexity index is 1240. The largest absolute Gasteiger partial charge is 0.489 e. The Balaban J connectivity index is 1.38. The van der Waals surface area contributed by atoms with Crippen LogP contribution in [0.3, 0.4) is 0 Å². The number of thiazole rings is 1. The van der Waals surface area contributed by atoms with E-state index in [1.54, 1.807) is 25.3 Å². The first kappa shape index (κ1) is 24.7. The Morgan fingerprint density at radius 2 is 1.94 bits per heavy atom. The van der Waals surface area contributed by atoms with Crippen LogP contribution in [0.2, 0.25) is 0 Å². The van der Waals surface area contributed by atoms with Crippen molar-refractivity contribution in [2.45, 2.75) is 45.0 Å². The highest BCUT2D eigenvalue weighted by molar-refractivity contribution is 7.14. The first-order valence-corrected chi connectivity index (χ1v) is 12.8. The molecule has 0 radical (unpaired) electrons. The average molecular weight is 517 g/mol. The van der Waals surface area contributed by atoms with Crippen molar-refractivity contribution in [3.05, 3.63) is 64.4 Å². The van der Waals surface area contributed by atoms with Crippen LogP contribution in [0.1, 0.15) is 52.3 Å². The van der Waals surface area contributed by atoms with E-state index in [4.69, 9.17) is 4.74 Å². The lowest BCUT2D eigenvalue weighted by molar-refractivity contribution is -0.141. The van der Waals surface area contributed by atoms with Gasteiger partial charge in [0.1, 0.15) is 22.6 Å². The predicted molar refractivity (Wildman–Crippen MR) is 131 cm³/mol. The summed E-state index contributed by atoms with van der Waals surface area (Å²) in [6.45, 7) is 6.77. The molecule has 0 aliphatic carbocycles. The summed E-state index contributed by atoms with van der Waals surface area (Å²) >= 11 is 1.54. The number of hydrogen-bond acceptors (Lipinski definition) is 6. The van der Waals surface area contributed by atoms with Crippen LogP contribution in [0.4, 0.5) is 13.2 Å². The Labute approximate surface area is 211 Å². The normalized spacial score (nSPS) is 22.3. The zero-order valence-corrected chi connectivity index (χ0v) is 20.8. The summed E-state index contributed by atoms with van der Waals surface area (Å²) in [6, 6.07) is 7.14. The van der Waals surface area contributed by atoms with Crippen LogP contribution in [0.5, 0.6) is 5.75 Å². The molecule has 2 bridgehead atoms. The van der Waals surface area contributed by atoms with Gasteiger partial charge in [-0.15, -0.1) is 11.3 Å². The number of ether oxygens (including phenoxy) is 1. The minimum atomic E-state index is -4.51. The molecule has 0 unspecified atom stereocenters. The fourth-order valence-electron chi connectivity index (χ4n) is 4.82. The van der Waals surface area contributed by atoms with Crippen LogP contribution in [-0.4, -0.2) is 46.5 Å². The van der Waals surface area contributed by atoms with E-state index in [1.165, 1.54) is 17.4 Å². The molecule has 3 fully saturated rings. The third-order valence-corrected chi connectivity index (χ3v) is 7.81. The second-order valence-electron chi connectivity index (χ2n) is 9.49. The fourth-order valence-corrected chi connectivity index (χ4v) is 5.57. The van der Waals surface area contributed by atoms with Gasteiger partial charge in [-0.05, 0) is 75.5 Å². The van der Waals surface area contributed by atoms with E-state index in [9.17, 15) is 18.0 Å². The van der Waals surface area contributed by atoms with Crippen LogP contribution < -0.4 is 10.1 Å². The highest BCUT2D eigenvalue weighted by Crippen LogP contribution is 2.34. The molecule has 10 heteroatoms. The second-order valence-corrected chi connectivity index (χ2v) is 10.7. The molecule has 190 valence electrons. The minimum Gasteiger partial charge on any atom is -0.489 e. The molecule has 6 nitrogen and oxygen atoms in total. The number of fused-ring (bicyclic) bond motifs is 3. The van der Waals surface area contributed by atoms with Gasteiger partial charge in [-0.3, -0.25) is 14.7 Å². The van der Waals surface area contributed by atoms with Crippen LogP contribution in [-0.2, 0) is 6.18 Å². The van der Waals surface area contributed by atoms with Crippen molar-refractivity contribution in [1.29, 1.82) is 0 Å². The van der Waals surface area contributed by atoms with Crippen molar-refractivity contribution in [3.8, 4) is 16.3 Å². The van der Waals surface area contributed by atoms with Gasteiger partial charge in [0.15, 0.2) is 0 Å². The monoisotopic (exact) mass is 516 g/mol. The Morgan fingerprint density at radius 3 is 2.53 bits per heavy atom. The molecule has 3 aliphatic heterocycles. The van der Waals surface area contributed by atoms with Gasteiger partial charge in [-0.2, -0.15) is 13.2 Å². The number of pyridine rings is 1. The Hall–Kier alpha value is -2.98. The predicted octanol–water partition coefficient (Wildman–Crippen LogP) is 5.50. The molecule has 5 heterocycles. The standard InChI is InChI=1S/C26H27F3N4O2S/c1-15-12-31-25(36-15)20-9-19(10-21(11-20)35-22-14-33-7-5-17(22)6-8-33)24(34)32-16(2)18-3-4-23(30-13-18)26(27,28)29/h3-4,9-13,16-17,22H,5-8,14H2,1-2H3,(H,32,34)/t16-,22-/m1/s1. The Kier molecular flexibility index (Phi) is 6.74. The first-order valence-electron chi connectivity index (χ1n) is 12.0. The van der Waals surface area contributed by atoms with Gasteiger partial charge in [-0.25, -0.2) is 4.98 Å². The number of nitrogens with zero attached hydrogens (tertiary/aromatic N) is 3.